The third kappa shape index (κ3) is 2.40. The van der Waals surface area contributed by atoms with Gasteiger partial charge >= 0.3 is 5.97 Å². The van der Waals surface area contributed by atoms with E-state index in [1.807, 2.05) is 6.92 Å². The Balaban J connectivity index is 1.94. The number of fused-ring (bicyclic) bond motifs is 1. The van der Waals surface area contributed by atoms with Gasteiger partial charge < -0.3 is 9.47 Å². The Morgan fingerprint density at radius 2 is 1.96 bits per heavy atom. The molecule has 0 aliphatic carbocycles. The lowest BCUT2D eigenvalue weighted by Crippen LogP contribution is -2.36. The Bertz CT molecular complexity index is 730. The summed E-state index contributed by atoms with van der Waals surface area (Å²) >= 11 is 0. The van der Waals surface area contributed by atoms with Gasteiger partial charge in [0.2, 0.25) is 5.91 Å². The normalized spacial score (nSPS) is 22.1. The second-order valence-corrected chi connectivity index (χ2v) is 5.21. The van der Waals surface area contributed by atoms with Gasteiger partial charge in [-0.2, -0.15) is 5.10 Å². The summed E-state index contributed by atoms with van der Waals surface area (Å²) in [6.45, 7) is 4.03. The first-order valence-corrected chi connectivity index (χ1v) is 7.70. The maximum Gasteiger partial charge on any atom is 0.355 e. The van der Waals surface area contributed by atoms with Crippen molar-refractivity contribution in [2.75, 3.05) is 18.1 Å². The molecule has 2 heterocycles. The molecule has 2 aliphatic heterocycles. The summed E-state index contributed by atoms with van der Waals surface area (Å²) in [7, 11) is 0. The molecule has 0 aromatic heterocycles. The lowest BCUT2D eigenvalue weighted by molar-refractivity contribution is -0.136. The zero-order chi connectivity index (χ0) is 17.3. The minimum Gasteiger partial charge on any atom is -0.492 e. The average molecular weight is 331 g/mol. The molecule has 1 N–H and O–H groups in total. The van der Waals surface area contributed by atoms with Crippen molar-refractivity contribution in [3.8, 4) is 5.75 Å². The van der Waals surface area contributed by atoms with E-state index in [1.165, 1.54) is 0 Å². The predicted octanol–water partition coefficient (Wildman–Crippen LogP) is 0.466. The summed E-state index contributed by atoms with van der Waals surface area (Å²) < 4.78 is 10.4. The molecular weight excluding hydrogens is 314 g/mol. The molecule has 0 unspecified atom stereocenters. The van der Waals surface area contributed by atoms with Gasteiger partial charge in [-0.25, -0.2) is 9.69 Å². The van der Waals surface area contributed by atoms with Gasteiger partial charge in [0.05, 0.1) is 18.9 Å². The van der Waals surface area contributed by atoms with Crippen molar-refractivity contribution in [1.82, 2.24) is 5.43 Å². The average Bonchev–Trinajstić information content (AvgIpc) is 3.10. The molecule has 0 bridgehead atoms. The summed E-state index contributed by atoms with van der Waals surface area (Å²) in [5.74, 6) is -2.24. The van der Waals surface area contributed by atoms with E-state index < -0.39 is 29.7 Å². The number of amides is 2. The first kappa shape index (κ1) is 16.0. The molecule has 0 saturated carbocycles. The number of imide groups is 1. The van der Waals surface area contributed by atoms with Gasteiger partial charge in [-0.15, -0.1) is 0 Å². The number of hydrogen-bond donors (Lipinski definition) is 1. The number of nitrogens with zero attached hydrogens (tertiary/aromatic N) is 2. The minimum absolute atomic E-state index is 0.0726. The van der Waals surface area contributed by atoms with Crippen molar-refractivity contribution in [2.45, 2.75) is 19.9 Å². The van der Waals surface area contributed by atoms with E-state index >= 15 is 0 Å². The van der Waals surface area contributed by atoms with E-state index in [1.54, 1.807) is 31.2 Å². The van der Waals surface area contributed by atoms with Gasteiger partial charge in [-0.1, -0.05) is 12.1 Å². The fourth-order valence-electron chi connectivity index (χ4n) is 2.82. The highest BCUT2D eigenvalue weighted by Gasteiger charge is 2.56. The molecule has 0 spiro atoms. The summed E-state index contributed by atoms with van der Waals surface area (Å²) in [5, 5.41) is 3.82. The van der Waals surface area contributed by atoms with E-state index in [0.29, 0.717) is 18.0 Å². The Kier molecular flexibility index (Phi) is 4.20. The van der Waals surface area contributed by atoms with Crippen LogP contribution in [0.3, 0.4) is 0 Å². The number of hydrazone groups is 1. The van der Waals surface area contributed by atoms with Crippen molar-refractivity contribution in [2.24, 2.45) is 11.0 Å². The number of ether oxygens (including phenoxy) is 2. The van der Waals surface area contributed by atoms with Crippen LogP contribution in [0.1, 0.15) is 13.8 Å². The third-order valence-corrected chi connectivity index (χ3v) is 3.82. The molecule has 0 radical (unpaired) electrons. The van der Waals surface area contributed by atoms with Gasteiger partial charge in [0.1, 0.15) is 17.7 Å². The lowest BCUT2D eigenvalue weighted by atomic mass is 9.99. The first-order valence-electron chi connectivity index (χ1n) is 7.70. The number of hydrogen-bond acceptors (Lipinski definition) is 7. The molecule has 126 valence electrons. The second-order valence-electron chi connectivity index (χ2n) is 5.21. The van der Waals surface area contributed by atoms with E-state index in [9.17, 15) is 14.4 Å². The fraction of sp³-hybridized carbons (Fsp3) is 0.375. The van der Waals surface area contributed by atoms with Gasteiger partial charge in [0.25, 0.3) is 5.91 Å². The van der Waals surface area contributed by atoms with Gasteiger partial charge in [-0.05, 0) is 26.0 Å². The van der Waals surface area contributed by atoms with Crippen LogP contribution in [0.25, 0.3) is 0 Å². The molecule has 1 aromatic carbocycles. The molecule has 2 amide bonds. The maximum absolute atomic E-state index is 12.8. The second kappa shape index (κ2) is 6.31. The molecule has 24 heavy (non-hydrogen) atoms. The summed E-state index contributed by atoms with van der Waals surface area (Å²) in [6, 6.07) is 5.88. The summed E-state index contributed by atoms with van der Waals surface area (Å²) in [6.07, 6.45) is 0. The molecule has 8 nitrogen and oxygen atoms in total. The van der Waals surface area contributed by atoms with Crippen LogP contribution < -0.4 is 15.1 Å². The lowest BCUT2D eigenvalue weighted by Gasteiger charge is -2.19. The fourth-order valence-corrected chi connectivity index (χ4v) is 2.82. The number of esters is 1. The summed E-state index contributed by atoms with van der Waals surface area (Å²) in [5.41, 5.74) is 2.86. The minimum atomic E-state index is -0.980. The standard InChI is InChI=1S/C16H17N3O5/c1-3-23-10-8-6-5-7-9(10)19-14(20)11-12(15(19)21)17-18-13(11)16(22)24-4-2/h5-8,11-12,17H,3-4H2,1-2H3/t11-,12-/m1/s1. The molecule has 8 heteroatoms. The number of benzene rings is 1. The maximum atomic E-state index is 12.8. The van der Waals surface area contributed by atoms with Crippen LogP contribution in [0.4, 0.5) is 5.69 Å². The van der Waals surface area contributed by atoms with Gasteiger partial charge in [0.15, 0.2) is 5.71 Å². The SMILES string of the molecule is CCOC(=O)C1=NN[C@H]2C(=O)N(c3ccccc3OCC)C(=O)[C@@H]12. The number of para-hydroxylation sites is 2. The van der Waals surface area contributed by atoms with Crippen molar-refractivity contribution >= 4 is 29.2 Å². The highest BCUT2D eigenvalue weighted by Crippen LogP contribution is 2.36. The van der Waals surface area contributed by atoms with Crippen molar-refractivity contribution in [1.29, 1.82) is 0 Å². The van der Waals surface area contributed by atoms with Crippen LogP contribution in [0.15, 0.2) is 29.4 Å². The highest BCUT2D eigenvalue weighted by atomic mass is 16.5. The van der Waals surface area contributed by atoms with E-state index in [-0.39, 0.29) is 12.3 Å². The number of carbonyl (C=O) groups is 3. The van der Waals surface area contributed by atoms with Gasteiger partial charge in [-0.3, -0.25) is 15.0 Å². The monoisotopic (exact) mass is 331 g/mol. The Labute approximate surface area is 138 Å². The van der Waals surface area contributed by atoms with E-state index in [0.717, 1.165) is 4.90 Å². The van der Waals surface area contributed by atoms with Crippen molar-refractivity contribution < 1.29 is 23.9 Å². The van der Waals surface area contributed by atoms with Crippen LogP contribution in [0, 0.1) is 5.92 Å². The number of nitrogens with one attached hydrogen (secondary N) is 1. The zero-order valence-electron chi connectivity index (χ0n) is 13.3. The first-order chi connectivity index (χ1) is 11.6. The van der Waals surface area contributed by atoms with Gasteiger partial charge in [0, 0.05) is 0 Å². The van der Waals surface area contributed by atoms with E-state index in [2.05, 4.69) is 10.5 Å². The third-order valence-electron chi connectivity index (χ3n) is 3.82. The summed E-state index contributed by atoms with van der Waals surface area (Å²) in [4.78, 5) is 38.4. The molecule has 1 aromatic rings. The molecule has 2 aliphatic rings. The van der Waals surface area contributed by atoms with Crippen LogP contribution in [0.2, 0.25) is 0 Å². The van der Waals surface area contributed by atoms with Crippen LogP contribution >= 0.6 is 0 Å². The van der Waals surface area contributed by atoms with Crippen LogP contribution in [-0.4, -0.2) is 42.8 Å². The molecule has 3 rings (SSSR count). The van der Waals surface area contributed by atoms with Crippen LogP contribution in [-0.2, 0) is 19.1 Å². The number of carbonyl (C=O) groups excluding carboxylic acids is 3. The van der Waals surface area contributed by atoms with Crippen molar-refractivity contribution in [3.63, 3.8) is 0 Å². The van der Waals surface area contributed by atoms with E-state index in [4.69, 9.17) is 9.47 Å². The highest BCUT2D eigenvalue weighted by molar-refractivity contribution is 6.46. The quantitative estimate of drug-likeness (QED) is 0.622. The van der Waals surface area contributed by atoms with Crippen LogP contribution in [0.5, 0.6) is 5.75 Å². The number of rotatable bonds is 5. The Morgan fingerprint density at radius 3 is 2.67 bits per heavy atom. The predicted molar refractivity (Wildman–Crippen MR) is 84.6 cm³/mol. The zero-order valence-corrected chi connectivity index (χ0v) is 13.3. The molecule has 1 fully saturated rings. The molecule has 1 saturated heterocycles. The Morgan fingerprint density at radius 1 is 1.21 bits per heavy atom. The largest absolute Gasteiger partial charge is 0.492 e. The van der Waals surface area contributed by atoms with Crippen molar-refractivity contribution in [3.05, 3.63) is 24.3 Å². The smallest absolute Gasteiger partial charge is 0.355 e. The number of anilines is 1. The molecular formula is C16H17N3O5. The topological polar surface area (TPSA) is 97.3 Å². The molecule has 2 atom stereocenters. The Hall–Kier alpha value is -2.90.